The molecule has 1 nitrogen and oxygen atoms in total. The van der Waals surface area contributed by atoms with Gasteiger partial charge in [0.05, 0.1) is 11.6 Å². The van der Waals surface area contributed by atoms with Crippen molar-refractivity contribution in [3.63, 3.8) is 0 Å². The van der Waals surface area contributed by atoms with E-state index in [1.54, 1.807) is 0 Å². The number of allylic oxidation sites excluding steroid dienone is 2. The minimum atomic E-state index is 0.720. The van der Waals surface area contributed by atoms with Gasteiger partial charge in [0.2, 0.25) is 0 Å². The van der Waals surface area contributed by atoms with E-state index in [2.05, 4.69) is 37.3 Å². The van der Waals surface area contributed by atoms with Crippen molar-refractivity contribution in [1.29, 1.82) is 5.26 Å². The molecule has 2 aliphatic rings. The molecule has 0 spiro atoms. The second kappa shape index (κ2) is 6.48. The number of nitrogens with zero attached hydrogens (tertiary/aromatic N) is 1. The summed E-state index contributed by atoms with van der Waals surface area (Å²) in [7, 11) is 0. The largest absolute Gasteiger partial charge is 0.192 e. The lowest BCUT2D eigenvalue weighted by atomic mass is 9.64. The summed E-state index contributed by atoms with van der Waals surface area (Å²) in [5.74, 6) is 3.44. The molecule has 0 amide bonds. The Kier molecular flexibility index (Phi) is 4.44. The van der Waals surface area contributed by atoms with Crippen LogP contribution in [-0.4, -0.2) is 0 Å². The number of hydrogen-bond donors (Lipinski definition) is 0. The van der Waals surface area contributed by atoms with E-state index < -0.39 is 0 Å². The molecule has 2 aliphatic carbocycles. The molecule has 1 heteroatoms. The lowest BCUT2D eigenvalue weighted by Gasteiger charge is -2.41. The van der Waals surface area contributed by atoms with Gasteiger partial charge in [-0.2, -0.15) is 5.26 Å². The lowest BCUT2D eigenvalue weighted by molar-refractivity contribution is 0.133. The van der Waals surface area contributed by atoms with Gasteiger partial charge in [-0.3, -0.25) is 0 Å². The minimum Gasteiger partial charge on any atom is -0.192 e. The van der Waals surface area contributed by atoms with Crippen molar-refractivity contribution in [3.05, 3.63) is 47.5 Å². The number of rotatable bonds is 2. The quantitative estimate of drug-likeness (QED) is 0.662. The first-order valence-electron chi connectivity index (χ1n) is 8.43. The summed E-state index contributed by atoms with van der Waals surface area (Å²) in [6, 6.07) is 10.5. The third kappa shape index (κ3) is 3.21. The van der Waals surface area contributed by atoms with Gasteiger partial charge in [0.25, 0.3) is 0 Å². The average Bonchev–Trinajstić information content (AvgIpc) is 2.55. The van der Waals surface area contributed by atoms with E-state index in [1.165, 1.54) is 44.1 Å². The SMILES string of the molecule is CC=CC1CCC2CC(c3ccc(C#N)cc3)CCC2C1. The molecule has 0 heterocycles. The van der Waals surface area contributed by atoms with E-state index in [9.17, 15) is 0 Å². The Hall–Kier alpha value is -1.55. The molecule has 0 aliphatic heterocycles. The first-order valence-corrected chi connectivity index (χ1v) is 8.43. The number of fused-ring (bicyclic) bond motifs is 1. The van der Waals surface area contributed by atoms with Crippen molar-refractivity contribution < 1.29 is 0 Å². The van der Waals surface area contributed by atoms with Crippen molar-refractivity contribution >= 4 is 0 Å². The van der Waals surface area contributed by atoms with Gasteiger partial charge in [0.1, 0.15) is 0 Å². The van der Waals surface area contributed by atoms with Crippen LogP contribution < -0.4 is 0 Å². The fourth-order valence-electron chi connectivity index (χ4n) is 4.50. The van der Waals surface area contributed by atoms with Gasteiger partial charge in [0, 0.05) is 0 Å². The Labute approximate surface area is 128 Å². The maximum Gasteiger partial charge on any atom is 0.0991 e. The molecule has 0 N–H and O–H groups in total. The zero-order chi connectivity index (χ0) is 14.7. The molecule has 1 aromatic carbocycles. The van der Waals surface area contributed by atoms with Gasteiger partial charge in [-0.05, 0) is 86.8 Å². The molecule has 4 unspecified atom stereocenters. The van der Waals surface area contributed by atoms with Crippen LogP contribution in [0.2, 0.25) is 0 Å². The van der Waals surface area contributed by atoms with Gasteiger partial charge in [-0.15, -0.1) is 0 Å². The molecule has 0 aromatic heterocycles. The Morgan fingerprint density at radius 2 is 1.71 bits per heavy atom. The molecular weight excluding hydrogens is 254 g/mol. The number of hydrogen-bond acceptors (Lipinski definition) is 1. The summed E-state index contributed by atoms with van der Waals surface area (Å²) in [4.78, 5) is 0. The summed E-state index contributed by atoms with van der Waals surface area (Å²) in [5, 5.41) is 8.91. The maximum atomic E-state index is 8.91. The molecule has 4 atom stereocenters. The first kappa shape index (κ1) is 14.4. The van der Waals surface area contributed by atoms with Crippen LogP contribution in [0.3, 0.4) is 0 Å². The molecule has 21 heavy (non-hydrogen) atoms. The Morgan fingerprint density at radius 1 is 1.00 bits per heavy atom. The standard InChI is InChI=1S/C20H25N/c1-2-3-15-4-9-20-13-19(11-10-18(20)12-15)17-7-5-16(14-21)6-8-17/h2-3,5-8,15,18-20H,4,9-13H2,1H3. The van der Waals surface area contributed by atoms with Crippen LogP contribution in [0.1, 0.15) is 62.5 Å². The maximum absolute atomic E-state index is 8.91. The third-order valence-electron chi connectivity index (χ3n) is 5.63. The molecule has 110 valence electrons. The topological polar surface area (TPSA) is 23.8 Å². The van der Waals surface area contributed by atoms with Gasteiger partial charge in [0.15, 0.2) is 0 Å². The van der Waals surface area contributed by atoms with E-state index in [-0.39, 0.29) is 0 Å². The highest BCUT2D eigenvalue weighted by molar-refractivity contribution is 5.33. The fraction of sp³-hybridized carbons (Fsp3) is 0.550. The van der Waals surface area contributed by atoms with Crippen LogP contribution in [0.4, 0.5) is 0 Å². The van der Waals surface area contributed by atoms with E-state index in [1.807, 2.05) is 12.1 Å². The summed E-state index contributed by atoms with van der Waals surface area (Å²) in [6.07, 6.45) is 12.9. The Balaban J connectivity index is 1.64. The second-order valence-corrected chi connectivity index (χ2v) is 6.86. The number of nitriles is 1. The summed E-state index contributed by atoms with van der Waals surface area (Å²) in [6.45, 7) is 2.15. The van der Waals surface area contributed by atoms with Gasteiger partial charge in [-0.25, -0.2) is 0 Å². The monoisotopic (exact) mass is 279 g/mol. The van der Waals surface area contributed by atoms with Gasteiger partial charge >= 0.3 is 0 Å². The van der Waals surface area contributed by atoms with E-state index >= 15 is 0 Å². The molecule has 0 bridgehead atoms. The van der Waals surface area contributed by atoms with Crippen molar-refractivity contribution in [1.82, 2.24) is 0 Å². The molecule has 0 saturated heterocycles. The zero-order valence-electron chi connectivity index (χ0n) is 13.0. The van der Waals surface area contributed by atoms with Crippen LogP contribution in [0, 0.1) is 29.1 Å². The molecular formula is C20H25N. The highest BCUT2D eigenvalue weighted by Crippen LogP contribution is 2.47. The Bertz CT molecular complexity index is 534. The summed E-state index contributed by atoms with van der Waals surface area (Å²) < 4.78 is 0. The third-order valence-corrected chi connectivity index (χ3v) is 5.63. The predicted molar refractivity (Wildman–Crippen MR) is 86.9 cm³/mol. The van der Waals surface area contributed by atoms with Gasteiger partial charge in [-0.1, -0.05) is 24.3 Å². The normalized spacial score (nSPS) is 32.6. The molecule has 2 fully saturated rings. The fourth-order valence-corrected chi connectivity index (χ4v) is 4.50. The molecule has 1 aromatic rings. The van der Waals surface area contributed by atoms with Crippen molar-refractivity contribution in [2.45, 2.75) is 51.4 Å². The van der Waals surface area contributed by atoms with E-state index in [0.717, 1.165) is 29.2 Å². The molecule has 0 radical (unpaired) electrons. The van der Waals surface area contributed by atoms with E-state index in [0.29, 0.717) is 0 Å². The predicted octanol–water partition coefficient (Wildman–Crippen LogP) is 5.43. The van der Waals surface area contributed by atoms with Crippen molar-refractivity contribution in [2.24, 2.45) is 17.8 Å². The van der Waals surface area contributed by atoms with Crippen molar-refractivity contribution in [3.8, 4) is 6.07 Å². The van der Waals surface area contributed by atoms with Crippen LogP contribution in [0.15, 0.2) is 36.4 Å². The molecule has 3 rings (SSSR count). The summed E-state index contributed by atoms with van der Waals surface area (Å²) in [5.41, 5.74) is 2.22. The highest BCUT2D eigenvalue weighted by Gasteiger charge is 2.35. The van der Waals surface area contributed by atoms with Crippen molar-refractivity contribution in [2.75, 3.05) is 0 Å². The summed E-state index contributed by atoms with van der Waals surface area (Å²) >= 11 is 0. The van der Waals surface area contributed by atoms with Crippen LogP contribution in [-0.2, 0) is 0 Å². The first-order chi connectivity index (χ1) is 10.3. The highest BCUT2D eigenvalue weighted by atomic mass is 14.4. The van der Waals surface area contributed by atoms with Crippen LogP contribution in [0.25, 0.3) is 0 Å². The number of benzene rings is 1. The van der Waals surface area contributed by atoms with Crippen LogP contribution >= 0.6 is 0 Å². The molecule has 2 saturated carbocycles. The second-order valence-electron chi connectivity index (χ2n) is 6.86. The minimum absolute atomic E-state index is 0.720. The smallest absolute Gasteiger partial charge is 0.0991 e. The lowest BCUT2D eigenvalue weighted by Crippen LogP contribution is -2.30. The van der Waals surface area contributed by atoms with Crippen LogP contribution in [0.5, 0.6) is 0 Å². The zero-order valence-corrected chi connectivity index (χ0v) is 13.0. The Morgan fingerprint density at radius 3 is 2.43 bits per heavy atom. The van der Waals surface area contributed by atoms with Gasteiger partial charge < -0.3 is 0 Å². The van der Waals surface area contributed by atoms with E-state index in [4.69, 9.17) is 5.26 Å². The average molecular weight is 279 g/mol.